The Morgan fingerprint density at radius 2 is 1.85 bits per heavy atom. The summed E-state index contributed by atoms with van der Waals surface area (Å²) >= 11 is 0. The minimum atomic E-state index is -3.44. The summed E-state index contributed by atoms with van der Waals surface area (Å²) in [5, 5.41) is 8.61. The number of aliphatic hydroxyl groups is 1. The molecule has 5 heteroatoms. The second-order valence-corrected chi connectivity index (χ2v) is 7.04. The molecule has 1 rings (SSSR count). The van der Waals surface area contributed by atoms with Crippen LogP contribution in [0.5, 0.6) is 0 Å². The summed E-state index contributed by atoms with van der Waals surface area (Å²) in [6.07, 6.45) is 0.829. The minimum Gasteiger partial charge on any atom is -0.384 e. The third kappa shape index (κ3) is 4.64. The standard InChI is InChI=1S/C15H21NO3S/c1-13(2)10-11-16(3)20(18,19)15-8-6-14(7-9-15)5-4-12-17/h6-9,13,17H,10-12H2,1-3H3. The first-order valence-corrected chi connectivity index (χ1v) is 7.98. The average molecular weight is 295 g/mol. The molecule has 0 aliphatic carbocycles. The first kappa shape index (κ1) is 16.7. The summed E-state index contributed by atoms with van der Waals surface area (Å²) in [6, 6.07) is 6.38. The zero-order valence-corrected chi connectivity index (χ0v) is 12.9. The van der Waals surface area contributed by atoms with Crippen LogP contribution in [0.15, 0.2) is 29.2 Å². The predicted molar refractivity (Wildman–Crippen MR) is 79.7 cm³/mol. The Morgan fingerprint density at radius 3 is 2.35 bits per heavy atom. The molecule has 4 nitrogen and oxygen atoms in total. The van der Waals surface area contributed by atoms with Crippen molar-refractivity contribution in [1.29, 1.82) is 0 Å². The van der Waals surface area contributed by atoms with Crippen LogP contribution in [0.1, 0.15) is 25.8 Å². The third-order valence-corrected chi connectivity index (χ3v) is 4.77. The van der Waals surface area contributed by atoms with Crippen molar-refractivity contribution in [2.45, 2.75) is 25.2 Å². The Balaban J connectivity index is 2.87. The maximum absolute atomic E-state index is 12.3. The van der Waals surface area contributed by atoms with Crippen molar-refractivity contribution in [1.82, 2.24) is 4.31 Å². The van der Waals surface area contributed by atoms with Crippen molar-refractivity contribution < 1.29 is 13.5 Å². The van der Waals surface area contributed by atoms with Gasteiger partial charge in [-0.2, -0.15) is 0 Å². The quantitative estimate of drug-likeness (QED) is 0.841. The molecule has 0 aliphatic heterocycles. The molecule has 0 unspecified atom stereocenters. The maximum atomic E-state index is 12.3. The van der Waals surface area contributed by atoms with Crippen LogP contribution < -0.4 is 0 Å². The molecule has 0 radical (unpaired) electrons. The van der Waals surface area contributed by atoms with Crippen molar-refractivity contribution in [3.8, 4) is 11.8 Å². The molecule has 1 aromatic carbocycles. The molecule has 0 spiro atoms. The molecule has 0 fully saturated rings. The van der Waals surface area contributed by atoms with Gasteiger partial charge in [-0.3, -0.25) is 0 Å². The van der Waals surface area contributed by atoms with Crippen LogP contribution in [0.2, 0.25) is 0 Å². The van der Waals surface area contributed by atoms with Crippen LogP contribution in [-0.2, 0) is 10.0 Å². The van der Waals surface area contributed by atoms with E-state index in [-0.39, 0.29) is 11.5 Å². The fourth-order valence-electron chi connectivity index (χ4n) is 1.59. The smallest absolute Gasteiger partial charge is 0.242 e. The lowest BCUT2D eigenvalue weighted by molar-refractivity contribution is 0.350. The van der Waals surface area contributed by atoms with Gasteiger partial charge in [0.15, 0.2) is 0 Å². The Hall–Kier alpha value is -1.35. The Labute approximate surface area is 121 Å². The fourth-order valence-corrected chi connectivity index (χ4v) is 2.78. The highest BCUT2D eigenvalue weighted by molar-refractivity contribution is 7.89. The van der Waals surface area contributed by atoms with E-state index in [0.717, 1.165) is 6.42 Å². The summed E-state index contributed by atoms with van der Waals surface area (Å²) < 4.78 is 26.0. The highest BCUT2D eigenvalue weighted by atomic mass is 32.2. The molecule has 0 aliphatic rings. The van der Waals surface area contributed by atoms with E-state index >= 15 is 0 Å². The largest absolute Gasteiger partial charge is 0.384 e. The molecule has 0 saturated carbocycles. The molecular weight excluding hydrogens is 274 g/mol. The Bertz CT molecular complexity index is 580. The molecule has 0 amide bonds. The van der Waals surface area contributed by atoms with Crippen LogP contribution in [0.25, 0.3) is 0 Å². The first-order valence-electron chi connectivity index (χ1n) is 6.54. The lowest BCUT2D eigenvalue weighted by Crippen LogP contribution is -2.28. The number of hydrogen-bond acceptors (Lipinski definition) is 3. The predicted octanol–water partition coefficient (Wildman–Crippen LogP) is 1.70. The van der Waals surface area contributed by atoms with E-state index in [1.807, 2.05) is 0 Å². The first-order chi connectivity index (χ1) is 9.37. The molecule has 1 aromatic rings. The molecule has 0 bridgehead atoms. The fraction of sp³-hybridized carbons (Fsp3) is 0.467. The van der Waals surface area contributed by atoms with Gasteiger partial charge in [-0.1, -0.05) is 25.7 Å². The van der Waals surface area contributed by atoms with E-state index in [0.29, 0.717) is 18.0 Å². The van der Waals surface area contributed by atoms with E-state index in [1.165, 1.54) is 4.31 Å². The van der Waals surface area contributed by atoms with E-state index in [4.69, 9.17) is 5.11 Å². The van der Waals surface area contributed by atoms with E-state index < -0.39 is 10.0 Å². The van der Waals surface area contributed by atoms with E-state index in [2.05, 4.69) is 25.7 Å². The Kier molecular flexibility index (Phi) is 6.21. The van der Waals surface area contributed by atoms with Gasteiger partial charge >= 0.3 is 0 Å². The minimum absolute atomic E-state index is 0.210. The molecule has 110 valence electrons. The number of aliphatic hydroxyl groups excluding tert-OH is 1. The molecule has 1 N–H and O–H groups in total. The molecule has 0 atom stereocenters. The number of benzene rings is 1. The topological polar surface area (TPSA) is 57.6 Å². The number of sulfonamides is 1. The third-order valence-electron chi connectivity index (χ3n) is 2.90. The molecule has 0 heterocycles. The van der Waals surface area contributed by atoms with E-state index in [9.17, 15) is 8.42 Å². The van der Waals surface area contributed by atoms with Crippen LogP contribution in [0.3, 0.4) is 0 Å². The van der Waals surface area contributed by atoms with Gasteiger partial charge in [0.25, 0.3) is 0 Å². The summed E-state index contributed by atoms with van der Waals surface area (Å²) in [4.78, 5) is 0.262. The van der Waals surface area contributed by atoms with Crippen LogP contribution in [-0.4, -0.2) is 38.0 Å². The summed E-state index contributed by atoms with van der Waals surface area (Å²) in [6.45, 7) is 4.42. The number of hydrogen-bond donors (Lipinski definition) is 1. The summed E-state index contributed by atoms with van der Waals surface area (Å²) in [7, 11) is -1.84. The second kappa shape index (κ2) is 7.44. The van der Waals surface area contributed by atoms with Gasteiger partial charge in [-0.15, -0.1) is 0 Å². The maximum Gasteiger partial charge on any atom is 0.242 e. The average Bonchev–Trinajstić information content (AvgIpc) is 2.42. The van der Waals surface area contributed by atoms with Crippen molar-refractivity contribution in [3.63, 3.8) is 0 Å². The van der Waals surface area contributed by atoms with Crippen molar-refractivity contribution in [2.75, 3.05) is 20.2 Å². The molecule has 0 saturated heterocycles. The highest BCUT2D eigenvalue weighted by Crippen LogP contribution is 2.16. The van der Waals surface area contributed by atoms with Crippen LogP contribution in [0.4, 0.5) is 0 Å². The van der Waals surface area contributed by atoms with Gasteiger partial charge in [0.2, 0.25) is 10.0 Å². The summed E-state index contributed by atoms with van der Waals surface area (Å²) in [5.41, 5.74) is 0.683. The number of nitrogens with zero attached hydrogens (tertiary/aromatic N) is 1. The van der Waals surface area contributed by atoms with Crippen LogP contribution in [0, 0.1) is 17.8 Å². The lowest BCUT2D eigenvalue weighted by Gasteiger charge is -2.18. The van der Waals surface area contributed by atoms with Gasteiger partial charge in [0.05, 0.1) is 4.90 Å². The monoisotopic (exact) mass is 295 g/mol. The van der Waals surface area contributed by atoms with Crippen LogP contribution >= 0.6 is 0 Å². The van der Waals surface area contributed by atoms with Crippen molar-refractivity contribution in [3.05, 3.63) is 29.8 Å². The molecule has 0 aromatic heterocycles. The van der Waals surface area contributed by atoms with Crippen molar-refractivity contribution in [2.24, 2.45) is 5.92 Å². The molecular formula is C15H21NO3S. The van der Waals surface area contributed by atoms with Gasteiger partial charge in [-0.05, 0) is 36.6 Å². The van der Waals surface area contributed by atoms with Gasteiger partial charge in [0, 0.05) is 19.2 Å². The van der Waals surface area contributed by atoms with Gasteiger partial charge < -0.3 is 5.11 Å². The lowest BCUT2D eigenvalue weighted by atomic mass is 10.1. The van der Waals surface area contributed by atoms with Gasteiger partial charge in [-0.25, -0.2) is 12.7 Å². The Morgan fingerprint density at radius 1 is 1.25 bits per heavy atom. The van der Waals surface area contributed by atoms with Crippen molar-refractivity contribution >= 4 is 10.0 Å². The van der Waals surface area contributed by atoms with Gasteiger partial charge in [0.1, 0.15) is 6.61 Å². The zero-order valence-electron chi connectivity index (χ0n) is 12.1. The SMILES string of the molecule is CC(C)CCN(C)S(=O)(=O)c1ccc(C#CCO)cc1. The number of rotatable bonds is 5. The molecule has 20 heavy (non-hydrogen) atoms. The zero-order chi connectivity index (χ0) is 15.2. The summed E-state index contributed by atoms with van der Waals surface area (Å²) in [5.74, 6) is 5.72. The van der Waals surface area contributed by atoms with E-state index in [1.54, 1.807) is 31.3 Å². The second-order valence-electron chi connectivity index (χ2n) is 4.99. The highest BCUT2D eigenvalue weighted by Gasteiger charge is 2.20. The normalized spacial score (nSPS) is 11.5.